The second-order valence-corrected chi connectivity index (χ2v) is 6.27. The standard InChI is InChI=1S/C10H10Cl3FN4OS/c11-10(12,13)8(17-7(19)5-14)18-9(20)16-6-3-1-2-4-15-6/h1-4,8H,5H2,(H,17,19)(H2,15,16,18,20). The first-order chi connectivity index (χ1) is 9.32. The third-order valence-electron chi connectivity index (χ3n) is 1.94. The fourth-order valence-corrected chi connectivity index (χ4v) is 1.67. The molecule has 110 valence electrons. The van der Waals surface area contributed by atoms with E-state index in [1.54, 1.807) is 24.4 Å². The van der Waals surface area contributed by atoms with Gasteiger partial charge in [-0.1, -0.05) is 40.9 Å². The van der Waals surface area contributed by atoms with Crippen LogP contribution < -0.4 is 16.0 Å². The number of nitrogens with one attached hydrogen (secondary N) is 3. The average molecular weight is 360 g/mol. The van der Waals surface area contributed by atoms with Crippen LogP contribution in [0.25, 0.3) is 0 Å². The lowest BCUT2D eigenvalue weighted by Gasteiger charge is -2.27. The highest BCUT2D eigenvalue weighted by Crippen LogP contribution is 2.29. The van der Waals surface area contributed by atoms with Gasteiger partial charge in [0, 0.05) is 6.20 Å². The Hall–Kier alpha value is -0.890. The molecule has 1 rings (SSSR count). The van der Waals surface area contributed by atoms with Crippen molar-refractivity contribution in [2.24, 2.45) is 0 Å². The molecule has 1 aromatic rings. The summed E-state index contributed by atoms with van der Waals surface area (Å²) in [6.45, 7) is -1.24. The summed E-state index contributed by atoms with van der Waals surface area (Å²) in [5.74, 6) is -0.473. The Morgan fingerprint density at radius 1 is 1.40 bits per heavy atom. The van der Waals surface area contributed by atoms with Gasteiger partial charge in [-0.05, 0) is 24.4 Å². The van der Waals surface area contributed by atoms with Gasteiger partial charge in [-0.25, -0.2) is 9.37 Å². The summed E-state index contributed by atoms with van der Waals surface area (Å²) < 4.78 is 10.3. The SMILES string of the molecule is O=C(CF)NC(NC(=S)Nc1ccccn1)C(Cl)(Cl)Cl. The van der Waals surface area contributed by atoms with Crippen molar-refractivity contribution in [3.63, 3.8) is 0 Å². The Bertz CT molecular complexity index is 471. The van der Waals surface area contributed by atoms with E-state index >= 15 is 0 Å². The van der Waals surface area contributed by atoms with E-state index in [0.29, 0.717) is 5.82 Å². The molecule has 0 aromatic carbocycles. The van der Waals surface area contributed by atoms with Crippen molar-refractivity contribution in [3.05, 3.63) is 24.4 Å². The summed E-state index contributed by atoms with van der Waals surface area (Å²) in [5, 5.41) is 7.49. The molecule has 0 bridgehead atoms. The van der Waals surface area contributed by atoms with Gasteiger partial charge in [0.1, 0.15) is 12.0 Å². The van der Waals surface area contributed by atoms with Gasteiger partial charge in [-0.3, -0.25) is 4.79 Å². The van der Waals surface area contributed by atoms with Crippen LogP contribution in [-0.4, -0.2) is 32.6 Å². The quantitative estimate of drug-likeness (QED) is 0.437. The minimum Gasteiger partial charge on any atom is -0.339 e. The molecular formula is C10H10Cl3FN4OS. The third-order valence-corrected chi connectivity index (χ3v) is 2.81. The Morgan fingerprint density at radius 2 is 2.10 bits per heavy atom. The smallest absolute Gasteiger partial charge is 0.253 e. The van der Waals surface area contributed by atoms with E-state index in [4.69, 9.17) is 47.0 Å². The highest BCUT2D eigenvalue weighted by molar-refractivity contribution is 7.80. The van der Waals surface area contributed by atoms with Gasteiger partial charge in [0.2, 0.25) is 3.79 Å². The average Bonchev–Trinajstić information content (AvgIpc) is 2.37. The summed E-state index contributed by atoms with van der Waals surface area (Å²) in [5.41, 5.74) is 0. The molecule has 1 unspecified atom stereocenters. The number of rotatable bonds is 4. The number of thiocarbonyl (C=S) groups is 1. The Morgan fingerprint density at radius 3 is 2.60 bits per heavy atom. The van der Waals surface area contributed by atoms with Crippen LogP contribution in [0.4, 0.5) is 10.2 Å². The lowest BCUT2D eigenvalue weighted by atomic mass is 10.4. The molecule has 0 aliphatic carbocycles. The monoisotopic (exact) mass is 358 g/mol. The van der Waals surface area contributed by atoms with Gasteiger partial charge in [0.15, 0.2) is 11.8 Å². The van der Waals surface area contributed by atoms with Gasteiger partial charge in [-0.15, -0.1) is 0 Å². The molecule has 0 saturated carbocycles. The van der Waals surface area contributed by atoms with Crippen LogP contribution in [0.15, 0.2) is 24.4 Å². The summed E-state index contributed by atoms with van der Waals surface area (Å²) in [6, 6.07) is 5.14. The largest absolute Gasteiger partial charge is 0.339 e. The van der Waals surface area contributed by atoms with Gasteiger partial charge in [0.25, 0.3) is 5.91 Å². The molecule has 20 heavy (non-hydrogen) atoms. The lowest BCUT2D eigenvalue weighted by Crippen LogP contribution is -2.56. The zero-order chi connectivity index (χ0) is 15.2. The number of carbonyl (C=O) groups is 1. The second kappa shape index (κ2) is 7.78. The molecule has 0 aliphatic heterocycles. The van der Waals surface area contributed by atoms with Crippen LogP contribution in [0.5, 0.6) is 0 Å². The Kier molecular flexibility index (Phi) is 6.67. The van der Waals surface area contributed by atoms with Crippen molar-refractivity contribution in [2.75, 3.05) is 12.0 Å². The third kappa shape index (κ3) is 6.04. The summed E-state index contributed by atoms with van der Waals surface area (Å²) >= 11 is 22.0. The van der Waals surface area contributed by atoms with Crippen molar-refractivity contribution in [3.8, 4) is 0 Å². The van der Waals surface area contributed by atoms with Gasteiger partial charge >= 0.3 is 0 Å². The van der Waals surface area contributed by atoms with Crippen molar-refractivity contribution in [2.45, 2.75) is 9.96 Å². The number of amides is 1. The first-order valence-corrected chi connectivity index (χ1v) is 6.77. The normalized spacial score (nSPS) is 12.4. The molecule has 1 atom stereocenters. The Labute approximate surface area is 135 Å². The molecule has 1 heterocycles. The minimum absolute atomic E-state index is 0.0548. The maximum Gasteiger partial charge on any atom is 0.253 e. The fourth-order valence-electron chi connectivity index (χ4n) is 1.12. The molecule has 0 saturated heterocycles. The minimum atomic E-state index is -1.92. The number of aromatic nitrogens is 1. The molecule has 1 amide bonds. The molecule has 0 radical (unpaired) electrons. The maximum absolute atomic E-state index is 12.2. The lowest BCUT2D eigenvalue weighted by molar-refractivity contribution is -0.122. The first kappa shape index (κ1) is 17.2. The van der Waals surface area contributed by atoms with E-state index in [1.807, 2.05) is 0 Å². The van der Waals surface area contributed by atoms with Gasteiger partial charge in [-0.2, -0.15) is 0 Å². The molecule has 5 nitrogen and oxygen atoms in total. The van der Waals surface area contributed by atoms with Crippen LogP contribution in [-0.2, 0) is 4.79 Å². The molecular weight excluding hydrogens is 350 g/mol. The summed E-state index contributed by atoms with van der Waals surface area (Å²) in [6.07, 6.45) is 0.363. The van der Waals surface area contributed by atoms with E-state index in [2.05, 4.69) is 20.9 Å². The number of hydrogen-bond acceptors (Lipinski definition) is 3. The molecule has 0 aliphatic rings. The van der Waals surface area contributed by atoms with Crippen LogP contribution in [0.1, 0.15) is 0 Å². The zero-order valence-corrected chi connectivity index (χ0v) is 13.0. The number of nitrogens with zero attached hydrogens (tertiary/aromatic N) is 1. The Balaban J connectivity index is 2.65. The van der Waals surface area contributed by atoms with E-state index < -0.39 is 22.5 Å². The van der Waals surface area contributed by atoms with E-state index in [1.165, 1.54) is 0 Å². The van der Waals surface area contributed by atoms with Crippen molar-refractivity contribution < 1.29 is 9.18 Å². The van der Waals surface area contributed by atoms with Crippen LogP contribution in [0, 0.1) is 0 Å². The van der Waals surface area contributed by atoms with Crippen LogP contribution in [0.3, 0.4) is 0 Å². The van der Waals surface area contributed by atoms with Crippen LogP contribution in [0.2, 0.25) is 0 Å². The molecule has 1 aromatic heterocycles. The van der Waals surface area contributed by atoms with Crippen molar-refractivity contribution >= 4 is 63.9 Å². The fraction of sp³-hybridized carbons (Fsp3) is 0.300. The highest BCUT2D eigenvalue weighted by Gasteiger charge is 2.34. The molecule has 0 fully saturated rings. The maximum atomic E-state index is 12.2. The van der Waals surface area contributed by atoms with E-state index in [9.17, 15) is 9.18 Å². The molecule has 0 spiro atoms. The number of anilines is 1. The second-order valence-electron chi connectivity index (χ2n) is 3.49. The zero-order valence-electron chi connectivity index (χ0n) is 9.87. The number of hydrogen-bond donors (Lipinski definition) is 3. The van der Waals surface area contributed by atoms with Crippen molar-refractivity contribution in [1.82, 2.24) is 15.6 Å². The predicted molar refractivity (Wildman–Crippen MR) is 81.8 cm³/mol. The van der Waals surface area contributed by atoms with Gasteiger partial charge < -0.3 is 16.0 Å². The molecule has 3 N–H and O–H groups in total. The predicted octanol–water partition coefficient (Wildman–Crippen LogP) is 2.15. The number of halogens is 4. The summed E-state index contributed by atoms with van der Waals surface area (Å²) in [4.78, 5) is 15.0. The van der Waals surface area contributed by atoms with Crippen molar-refractivity contribution in [1.29, 1.82) is 0 Å². The topological polar surface area (TPSA) is 66.1 Å². The van der Waals surface area contributed by atoms with E-state index in [0.717, 1.165) is 0 Å². The first-order valence-electron chi connectivity index (χ1n) is 5.23. The highest BCUT2D eigenvalue weighted by atomic mass is 35.6. The number of carbonyl (C=O) groups excluding carboxylic acids is 1. The molecule has 10 heteroatoms. The summed E-state index contributed by atoms with van der Waals surface area (Å²) in [7, 11) is 0. The number of pyridine rings is 1. The van der Waals surface area contributed by atoms with Gasteiger partial charge in [0.05, 0.1) is 0 Å². The number of alkyl halides is 4. The van der Waals surface area contributed by atoms with E-state index in [-0.39, 0.29) is 5.11 Å². The van der Waals surface area contributed by atoms with Crippen LogP contribution >= 0.6 is 47.0 Å².